The van der Waals surface area contributed by atoms with E-state index in [1.165, 1.54) is 6.42 Å². The van der Waals surface area contributed by atoms with Gasteiger partial charge in [-0.2, -0.15) is 0 Å². The molecule has 92 valence electrons. The number of nitrogens with one attached hydrogen (secondary N) is 1. The lowest BCUT2D eigenvalue weighted by atomic mass is 10.1. The fourth-order valence-electron chi connectivity index (χ4n) is 2.45. The fraction of sp³-hybridized carbons (Fsp3) is 0.500. The fourth-order valence-corrected chi connectivity index (χ4v) is 2.90. The zero-order valence-electron chi connectivity index (χ0n) is 10.1. The maximum absolute atomic E-state index is 11.9. The molecule has 0 aliphatic heterocycles. The van der Waals surface area contributed by atoms with Crippen LogP contribution < -0.4 is 5.32 Å². The van der Waals surface area contributed by atoms with Gasteiger partial charge in [0.15, 0.2) is 0 Å². The molecule has 0 heterocycles. The van der Waals surface area contributed by atoms with Gasteiger partial charge in [0.1, 0.15) is 0 Å². The number of hydrogen-bond acceptors (Lipinski definition) is 1. The summed E-state index contributed by atoms with van der Waals surface area (Å²) in [6.07, 6.45) is 3.97. The van der Waals surface area contributed by atoms with Crippen LogP contribution in [0.1, 0.15) is 31.7 Å². The van der Waals surface area contributed by atoms with Crippen molar-refractivity contribution in [2.24, 2.45) is 5.92 Å². The summed E-state index contributed by atoms with van der Waals surface area (Å²) in [5, 5.41) is 3.12. The standard InChI is InChI=1S/C14H18BrNO/c1-10-5-6-13(7-10)16-14(17)9-11-3-2-4-12(15)8-11/h2-4,8,10,13H,5-7,9H2,1H3,(H,16,17). The predicted molar refractivity (Wildman–Crippen MR) is 72.8 cm³/mol. The largest absolute Gasteiger partial charge is 0.353 e. The van der Waals surface area contributed by atoms with E-state index in [1.807, 2.05) is 24.3 Å². The van der Waals surface area contributed by atoms with Crippen LogP contribution in [-0.4, -0.2) is 11.9 Å². The van der Waals surface area contributed by atoms with Crippen LogP contribution in [0.25, 0.3) is 0 Å². The Morgan fingerprint density at radius 3 is 2.94 bits per heavy atom. The molecule has 1 amide bonds. The van der Waals surface area contributed by atoms with E-state index in [0.717, 1.165) is 28.8 Å². The highest BCUT2D eigenvalue weighted by Crippen LogP contribution is 2.24. The minimum atomic E-state index is 0.141. The van der Waals surface area contributed by atoms with Gasteiger partial charge in [0.2, 0.25) is 5.91 Å². The summed E-state index contributed by atoms with van der Waals surface area (Å²) in [6.45, 7) is 2.25. The van der Waals surface area contributed by atoms with Crippen molar-refractivity contribution in [2.75, 3.05) is 0 Å². The third kappa shape index (κ3) is 3.84. The van der Waals surface area contributed by atoms with Crippen molar-refractivity contribution in [1.29, 1.82) is 0 Å². The average Bonchev–Trinajstić information content (AvgIpc) is 2.63. The number of carbonyl (C=O) groups excluding carboxylic acids is 1. The van der Waals surface area contributed by atoms with Crippen LogP contribution in [0.3, 0.4) is 0 Å². The van der Waals surface area contributed by atoms with Gasteiger partial charge < -0.3 is 5.32 Å². The van der Waals surface area contributed by atoms with Gasteiger partial charge in [-0.15, -0.1) is 0 Å². The van der Waals surface area contributed by atoms with Crippen LogP contribution in [0.15, 0.2) is 28.7 Å². The molecule has 1 N–H and O–H groups in total. The van der Waals surface area contributed by atoms with Crippen molar-refractivity contribution >= 4 is 21.8 Å². The second kappa shape index (κ2) is 5.67. The monoisotopic (exact) mass is 295 g/mol. The highest BCUT2D eigenvalue weighted by Gasteiger charge is 2.22. The topological polar surface area (TPSA) is 29.1 Å². The third-order valence-electron chi connectivity index (χ3n) is 3.31. The molecule has 0 saturated heterocycles. The molecule has 2 nitrogen and oxygen atoms in total. The van der Waals surface area contributed by atoms with Gasteiger partial charge >= 0.3 is 0 Å². The first-order valence-corrected chi connectivity index (χ1v) is 6.96. The molecule has 2 unspecified atom stereocenters. The second-order valence-corrected chi connectivity index (χ2v) is 5.91. The SMILES string of the molecule is CC1CCC(NC(=O)Cc2cccc(Br)c2)C1. The predicted octanol–water partition coefficient (Wildman–Crippen LogP) is 3.30. The molecule has 0 bridgehead atoms. The van der Waals surface area contributed by atoms with Crippen molar-refractivity contribution in [2.45, 2.75) is 38.6 Å². The molecule has 0 radical (unpaired) electrons. The minimum Gasteiger partial charge on any atom is -0.353 e. The van der Waals surface area contributed by atoms with E-state index in [2.05, 4.69) is 28.2 Å². The molecule has 3 heteroatoms. The molecule has 1 saturated carbocycles. The molecule has 2 atom stereocenters. The molecule has 1 aliphatic carbocycles. The number of benzene rings is 1. The smallest absolute Gasteiger partial charge is 0.224 e. The molecule has 1 aliphatic rings. The van der Waals surface area contributed by atoms with Gasteiger partial charge in [-0.3, -0.25) is 4.79 Å². The maximum Gasteiger partial charge on any atom is 0.224 e. The van der Waals surface area contributed by atoms with Crippen molar-refractivity contribution in [3.63, 3.8) is 0 Å². The van der Waals surface area contributed by atoms with E-state index in [4.69, 9.17) is 0 Å². The van der Waals surface area contributed by atoms with E-state index >= 15 is 0 Å². The zero-order valence-corrected chi connectivity index (χ0v) is 11.7. The summed E-state index contributed by atoms with van der Waals surface area (Å²) >= 11 is 3.42. The van der Waals surface area contributed by atoms with Gasteiger partial charge in [0, 0.05) is 10.5 Å². The van der Waals surface area contributed by atoms with Crippen molar-refractivity contribution in [1.82, 2.24) is 5.32 Å². The number of rotatable bonds is 3. The average molecular weight is 296 g/mol. The summed E-state index contributed by atoms with van der Waals surface area (Å²) in [5.41, 5.74) is 1.06. The highest BCUT2D eigenvalue weighted by molar-refractivity contribution is 9.10. The molecule has 0 spiro atoms. The normalized spacial score (nSPS) is 23.6. The Morgan fingerprint density at radius 1 is 1.47 bits per heavy atom. The molecule has 0 aromatic heterocycles. The van der Waals surface area contributed by atoms with Crippen LogP contribution in [-0.2, 0) is 11.2 Å². The van der Waals surface area contributed by atoms with Gasteiger partial charge in [0.25, 0.3) is 0 Å². The number of halogens is 1. The van der Waals surface area contributed by atoms with Gasteiger partial charge in [0.05, 0.1) is 6.42 Å². The number of carbonyl (C=O) groups is 1. The molecular formula is C14H18BrNO. The number of hydrogen-bond donors (Lipinski definition) is 1. The van der Waals surface area contributed by atoms with Crippen molar-refractivity contribution < 1.29 is 4.79 Å². The first-order chi connectivity index (χ1) is 8.13. The second-order valence-electron chi connectivity index (χ2n) is 4.99. The maximum atomic E-state index is 11.9. The first-order valence-electron chi connectivity index (χ1n) is 6.17. The Kier molecular flexibility index (Phi) is 4.21. The quantitative estimate of drug-likeness (QED) is 0.911. The van der Waals surface area contributed by atoms with E-state index in [9.17, 15) is 4.79 Å². The molecule has 17 heavy (non-hydrogen) atoms. The lowest BCUT2D eigenvalue weighted by Crippen LogP contribution is -2.34. The van der Waals surface area contributed by atoms with Crippen LogP contribution in [0.5, 0.6) is 0 Å². The molecule has 2 rings (SSSR count). The van der Waals surface area contributed by atoms with Crippen molar-refractivity contribution in [3.8, 4) is 0 Å². The molecule has 1 aromatic rings. The third-order valence-corrected chi connectivity index (χ3v) is 3.81. The van der Waals surface area contributed by atoms with Crippen LogP contribution in [0, 0.1) is 5.92 Å². The Bertz CT molecular complexity index is 405. The number of amides is 1. The van der Waals surface area contributed by atoms with Crippen molar-refractivity contribution in [3.05, 3.63) is 34.3 Å². The first kappa shape index (κ1) is 12.6. The lowest BCUT2D eigenvalue weighted by molar-refractivity contribution is -0.121. The van der Waals surface area contributed by atoms with E-state index in [1.54, 1.807) is 0 Å². The summed E-state index contributed by atoms with van der Waals surface area (Å²) in [4.78, 5) is 11.9. The summed E-state index contributed by atoms with van der Waals surface area (Å²) in [6, 6.07) is 8.31. The molecular weight excluding hydrogens is 278 g/mol. The zero-order chi connectivity index (χ0) is 12.3. The van der Waals surface area contributed by atoms with Gasteiger partial charge in [-0.1, -0.05) is 35.0 Å². The lowest BCUT2D eigenvalue weighted by Gasteiger charge is -2.12. The molecule has 1 fully saturated rings. The van der Waals surface area contributed by atoms with E-state index in [-0.39, 0.29) is 5.91 Å². The summed E-state index contributed by atoms with van der Waals surface area (Å²) in [5.74, 6) is 0.897. The minimum absolute atomic E-state index is 0.141. The van der Waals surface area contributed by atoms with E-state index < -0.39 is 0 Å². The summed E-state index contributed by atoms with van der Waals surface area (Å²) < 4.78 is 1.03. The Hall–Kier alpha value is -0.830. The Balaban J connectivity index is 1.85. The Labute approximate surface area is 111 Å². The molecule has 1 aromatic carbocycles. The van der Waals surface area contributed by atoms with Crippen LogP contribution >= 0.6 is 15.9 Å². The van der Waals surface area contributed by atoms with Gasteiger partial charge in [-0.05, 0) is 42.9 Å². The highest BCUT2D eigenvalue weighted by atomic mass is 79.9. The van der Waals surface area contributed by atoms with Crippen LogP contribution in [0.2, 0.25) is 0 Å². The van der Waals surface area contributed by atoms with Crippen LogP contribution in [0.4, 0.5) is 0 Å². The Morgan fingerprint density at radius 2 is 2.29 bits per heavy atom. The van der Waals surface area contributed by atoms with Gasteiger partial charge in [-0.25, -0.2) is 0 Å². The van der Waals surface area contributed by atoms with E-state index in [0.29, 0.717) is 12.5 Å². The summed E-state index contributed by atoms with van der Waals surface area (Å²) in [7, 11) is 0.